The minimum Gasteiger partial charge on any atom is -0.481 e. The van der Waals surface area contributed by atoms with E-state index in [1.807, 2.05) is 30.3 Å². The minimum atomic E-state index is -2.92. The fourth-order valence-corrected chi connectivity index (χ4v) is 7.00. The van der Waals surface area contributed by atoms with Gasteiger partial charge in [0, 0.05) is 62.3 Å². The Kier molecular flexibility index (Phi) is 9.98. The Morgan fingerprint density at radius 2 is 2.00 bits per heavy atom. The highest BCUT2D eigenvalue weighted by Crippen LogP contribution is 2.41. The molecule has 3 unspecified atom stereocenters. The number of nitrogens with one attached hydrogen (secondary N) is 1. The molecule has 9 nitrogen and oxygen atoms in total. The van der Waals surface area contributed by atoms with Gasteiger partial charge in [0.2, 0.25) is 0 Å². The maximum Gasteiger partial charge on any atom is 0.304 e. The van der Waals surface area contributed by atoms with Crippen LogP contribution in [0.2, 0.25) is 0 Å². The van der Waals surface area contributed by atoms with Gasteiger partial charge < -0.3 is 19.9 Å². The number of rotatable bonds is 12. The molecule has 250 valence electrons. The minimum absolute atomic E-state index is 0.0867. The van der Waals surface area contributed by atoms with Crippen LogP contribution in [0.25, 0.3) is 16.5 Å². The first kappa shape index (κ1) is 33.1. The Bertz CT molecular complexity index is 1640. The third-order valence-electron chi connectivity index (χ3n) is 9.50. The van der Waals surface area contributed by atoms with Crippen LogP contribution in [0.3, 0.4) is 0 Å². The molecule has 0 radical (unpaired) electrons. The van der Waals surface area contributed by atoms with E-state index in [9.17, 15) is 18.7 Å². The Labute approximate surface area is 274 Å². The van der Waals surface area contributed by atoms with Gasteiger partial charge >= 0.3 is 5.97 Å². The average molecular weight is 648 g/mol. The number of morpholine rings is 1. The van der Waals surface area contributed by atoms with E-state index in [-0.39, 0.29) is 18.9 Å². The number of carboxylic acids is 1. The summed E-state index contributed by atoms with van der Waals surface area (Å²) in [5, 5.41) is 13.7. The van der Waals surface area contributed by atoms with Crippen molar-refractivity contribution >= 4 is 28.3 Å². The van der Waals surface area contributed by atoms with E-state index < -0.39 is 36.6 Å². The molecule has 4 heterocycles. The highest BCUT2D eigenvalue weighted by molar-refractivity contribution is 5.89. The summed E-state index contributed by atoms with van der Waals surface area (Å²) in [5.41, 5.74) is 3.95. The van der Waals surface area contributed by atoms with Crippen LogP contribution in [-0.4, -0.2) is 94.5 Å². The second kappa shape index (κ2) is 14.1. The van der Waals surface area contributed by atoms with Crippen LogP contribution in [0.15, 0.2) is 67.0 Å². The van der Waals surface area contributed by atoms with Crippen molar-refractivity contribution < 1.29 is 28.2 Å². The van der Waals surface area contributed by atoms with Crippen LogP contribution in [-0.2, 0) is 20.8 Å². The van der Waals surface area contributed by atoms with E-state index in [0.29, 0.717) is 17.9 Å². The molecule has 0 spiro atoms. The van der Waals surface area contributed by atoms with E-state index in [0.717, 1.165) is 61.4 Å². The summed E-state index contributed by atoms with van der Waals surface area (Å²) in [7, 11) is 0. The smallest absolute Gasteiger partial charge is 0.304 e. The van der Waals surface area contributed by atoms with Gasteiger partial charge in [0.05, 0.1) is 32.8 Å². The number of fused-ring (bicyclic) bond motifs is 1. The molecule has 3 atom stereocenters. The van der Waals surface area contributed by atoms with Gasteiger partial charge in [-0.2, -0.15) is 0 Å². The number of aliphatic carboxylic acids is 1. The molecule has 1 aliphatic carbocycles. The predicted molar refractivity (Wildman–Crippen MR) is 177 cm³/mol. The van der Waals surface area contributed by atoms with Gasteiger partial charge in [0.15, 0.2) is 11.5 Å². The number of carboxylic acid groups (broad SMARTS) is 1. The summed E-state index contributed by atoms with van der Waals surface area (Å²) in [6, 6.07) is 11.4. The molecular weight excluding hydrogens is 604 g/mol. The molecule has 6 rings (SSSR count). The highest BCUT2D eigenvalue weighted by atomic mass is 19.3. The van der Waals surface area contributed by atoms with E-state index in [1.165, 1.54) is 5.56 Å². The number of ether oxygens (including phenoxy) is 2. The highest BCUT2D eigenvalue weighted by Gasteiger charge is 2.45. The van der Waals surface area contributed by atoms with Crippen molar-refractivity contribution in [1.82, 2.24) is 19.8 Å². The van der Waals surface area contributed by atoms with Crippen molar-refractivity contribution in [2.24, 2.45) is 5.92 Å². The van der Waals surface area contributed by atoms with Gasteiger partial charge in [-0.3, -0.25) is 19.6 Å². The molecule has 2 aromatic heterocycles. The number of hydrogen-bond donors (Lipinski definition) is 2. The van der Waals surface area contributed by atoms with Crippen molar-refractivity contribution in [3.8, 4) is 0 Å². The average Bonchev–Trinajstić information content (AvgIpc) is 3.33. The molecule has 2 saturated heterocycles. The normalized spacial score (nSPS) is 24.8. The third kappa shape index (κ3) is 7.70. The molecule has 2 fully saturated rings. The Morgan fingerprint density at radius 1 is 1.19 bits per heavy atom. The molecule has 2 N–H and O–H groups in total. The lowest BCUT2D eigenvalue weighted by molar-refractivity contribution is -0.138. The monoisotopic (exact) mass is 647 g/mol. The fraction of sp³-hybridized carbons (Fsp3) is 0.472. The summed E-state index contributed by atoms with van der Waals surface area (Å²) in [6.45, 7) is 8.79. The number of allylic oxidation sites excluding steroid dienone is 2. The van der Waals surface area contributed by atoms with Crippen LogP contribution < -0.4 is 5.32 Å². The number of likely N-dealkylation sites (tertiary alicyclic amines) is 1. The van der Waals surface area contributed by atoms with Gasteiger partial charge in [0.1, 0.15) is 5.52 Å². The number of pyridine rings is 2. The summed E-state index contributed by atoms with van der Waals surface area (Å²) in [4.78, 5) is 24.7. The second-order valence-electron chi connectivity index (χ2n) is 12.9. The molecule has 11 heteroatoms. The molecule has 0 saturated carbocycles. The van der Waals surface area contributed by atoms with Crippen LogP contribution in [0.5, 0.6) is 0 Å². The molecule has 47 heavy (non-hydrogen) atoms. The summed E-state index contributed by atoms with van der Waals surface area (Å²) in [6.07, 6.45) is 9.67. The number of aryl methyl sites for hydroxylation is 1. The van der Waals surface area contributed by atoms with E-state index in [2.05, 4.69) is 48.3 Å². The zero-order chi connectivity index (χ0) is 33.0. The van der Waals surface area contributed by atoms with Crippen molar-refractivity contribution in [3.63, 3.8) is 0 Å². The number of carbonyl (C=O) groups is 1. The first-order valence-electron chi connectivity index (χ1n) is 16.4. The Balaban J connectivity index is 1.25. The van der Waals surface area contributed by atoms with Gasteiger partial charge in [0.25, 0.3) is 5.92 Å². The number of anilines is 1. The lowest BCUT2D eigenvalue weighted by Gasteiger charge is -2.41. The fourth-order valence-electron chi connectivity index (χ4n) is 7.00. The van der Waals surface area contributed by atoms with Crippen molar-refractivity contribution in [2.45, 2.75) is 57.3 Å². The lowest BCUT2D eigenvalue weighted by atomic mass is 9.80. The van der Waals surface area contributed by atoms with Gasteiger partial charge in [-0.1, -0.05) is 43.3 Å². The van der Waals surface area contributed by atoms with Crippen molar-refractivity contribution in [2.75, 3.05) is 51.3 Å². The molecule has 3 aliphatic rings. The standard InChI is InChI=1S/C36H43F2N5O4/c1-25-7-3-4-8-30(25)31-9-5-11-36(26(31)2,47-16-6-13-42-14-17-46-18-15-42)41-34-33-28(10-12-39-34)19-27(22-40-33)23-43-24-35(37,38)21-29(43)20-32(44)45/h3-5,7-12,19,22,26,29H,6,13-18,20-21,23-24H2,1-2H3,(H,39,41)(H,44,45). The van der Waals surface area contributed by atoms with E-state index in [1.54, 1.807) is 17.3 Å². The topological polar surface area (TPSA) is 100 Å². The number of hydrogen-bond acceptors (Lipinski definition) is 8. The van der Waals surface area contributed by atoms with Crippen LogP contribution in [0.4, 0.5) is 14.6 Å². The lowest BCUT2D eigenvalue weighted by Crippen LogP contribution is -2.48. The number of halogens is 2. The molecule has 2 aliphatic heterocycles. The van der Waals surface area contributed by atoms with E-state index in [4.69, 9.17) is 19.4 Å². The van der Waals surface area contributed by atoms with Crippen LogP contribution >= 0.6 is 0 Å². The maximum atomic E-state index is 14.3. The first-order chi connectivity index (χ1) is 22.6. The summed E-state index contributed by atoms with van der Waals surface area (Å²) < 4.78 is 40.8. The van der Waals surface area contributed by atoms with Gasteiger partial charge in [-0.25, -0.2) is 13.8 Å². The summed E-state index contributed by atoms with van der Waals surface area (Å²) in [5.74, 6) is -3.53. The number of benzene rings is 1. The maximum absolute atomic E-state index is 14.3. The number of alkyl halides is 2. The first-order valence-corrected chi connectivity index (χ1v) is 16.4. The third-order valence-corrected chi connectivity index (χ3v) is 9.50. The largest absolute Gasteiger partial charge is 0.481 e. The van der Waals surface area contributed by atoms with Crippen LogP contribution in [0, 0.1) is 12.8 Å². The predicted octanol–water partition coefficient (Wildman–Crippen LogP) is 5.76. The molecule has 0 amide bonds. The Morgan fingerprint density at radius 3 is 2.79 bits per heavy atom. The quantitative estimate of drug-likeness (QED) is 0.188. The number of nitrogens with zero attached hydrogens (tertiary/aromatic N) is 4. The van der Waals surface area contributed by atoms with Crippen LogP contribution in [0.1, 0.15) is 42.9 Å². The molecule has 1 aromatic carbocycles. The Hall–Kier alpha value is -3.77. The number of aromatic nitrogens is 2. The SMILES string of the molecule is Cc1ccccc1C1=CC=CC(Nc2nccc3cc(CN4CC(F)(F)CC4CC(=O)O)cnc23)(OCCCN2CCOCC2)C1C. The second-order valence-corrected chi connectivity index (χ2v) is 12.9. The van der Waals surface area contributed by atoms with Crippen molar-refractivity contribution in [3.05, 3.63) is 83.7 Å². The molecule has 0 bridgehead atoms. The zero-order valence-corrected chi connectivity index (χ0v) is 27.0. The zero-order valence-electron chi connectivity index (χ0n) is 27.0. The van der Waals surface area contributed by atoms with Crippen molar-refractivity contribution in [1.29, 1.82) is 0 Å². The van der Waals surface area contributed by atoms with E-state index >= 15 is 0 Å². The summed E-state index contributed by atoms with van der Waals surface area (Å²) >= 11 is 0. The van der Waals surface area contributed by atoms with Gasteiger partial charge in [-0.15, -0.1) is 0 Å². The van der Waals surface area contributed by atoms with Gasteiger partial charge in [-0.05, 0) is 53.8 Å². The molecular formula is C36H43F2N5O4. The molecule has 3 aromatic rings.